The van der Waals surface area contributed by atoms with Gasteiger partial charge in [0.1, 0.15) is 11.5 Å². The molecule has 1 unspecified atom stereocenters. The molecule has 4 heteroatoms. The maximum absolute atomic E-state index is 11.7. The second-order valence-corrected chi connectivity index (χ2v) is 6.01. The minimum Gasteiger partial charge on any atom is -0.466 e. The van der Waals surface area contributed by atoms with Crippen LogP contribution in [0.3, 0.4) is 0 Å². The van der Waals surface area contributed by atoms with Gasteiger partial charge in [0.25, 0.3) is 0 Å². The molecular formula is C15H25NO3. The van der Waals surface area contributed by atoms with E-state index in [1.807, 2.05) is 32.9 Å². The van der Waals surface area contributed by atoms with E-state index in [1.54, 1.807) is 6.92 Å². The van der Waals surface area contributed by atoms with Gasteiger partial charge in [-0.1, -0.05) is 13.8 Å². The molecule has 0 aliphatic carbocycles. The number of aliphatic hydroxyl groups is 1. The van der Waals surface area contributed by atoms with Gasteiger partial charge in [-0.2, -0.15) is 0 Å². The van der Waals surface area contributed by atoms with Crippen LogP contribution in [0.4, 0.5) is 0 Å². The SMILES string of the molecule is Cc1ccc(CCC(=O)NCC(C)(C)CC(C)O)o1. The van der Waals surface area contributed by atoms with Crippen molar-refractivity contribution in [3.8, 4) is 0 Å². The standard InChI is InChI=1S/C15H25NO3/c1-11(17)9-15(3,4)10-16-14(18)8-7-13-6-5-12(2)19-13/h5-6,11,17H,7-10H2,1-4H3,(H,16,18). The molecule has 2 N–H and O–H groups in total. The summed E-state index contributed by atoms with van der Waals surface area (Å²) < 4.78 is 5.42. The van der Waals surface area contributed by atoms with E-state index in [4.69, 9.17) is 4.42 Å². The molecule has 1 atom stereocenters. The van der Waals surface area contributed by atoms with Crippen molar-refractivity contribution in [2.75, 3.05) is 6.54 Å². The third kappa shape index (κ3) is 6.43. The fourth-order valence-corrected chi connectivity index (χ4v) is 2.15. The van der Waals surface area contributed by atoms with Crippen LogP contribution in [-0.4, -0.2) is 23.7 Å². The minimum absolute atomic E-state index is 0.0210. The van der Waals surface area contributed by atoms with E-state index in [1.165, 1.54) is 0 Å². The van der Waals surface area contributed by atoms with Gasteiger partial charge in [0.05, 0.1) is 6.10 Å². The van der Waals surface area contributed by atoms with Crippen LogP contribution in [0.15, 0.2) is 16.5 Å². The van der Waals surface area contributed by atoms with Crippen LogP contribution in [0.1, 0.15) is 45.1 Å². The van der Waals surface area contributed by atoms with Gasteiger partial charge >= 0.3 is 0 Å². The first-order valence-corrected chi connectivity index (χ1v) is 6.78. The Bertz CT molecular complexity index is 407. The summed E-state index contributed by atoms with van der Waals surface area (Å²) in [6.07, 6.45) is 1.37. The molecule has 0 fully saturated rings. The summed E-state index contributed by atoms with van der Waals surface area (Å²) >= 11 is 0. The van der Waals surface area contributed by atoms with Gasteiger partial charge in [0, 0.05) is 19.4 Å². The van der Waals surface area contributed by atoms with Crippen LogP contribution < -0.4 is 5.32 Å². The Hall–Kier alpha value is -1.29. The van der Waals surface area contributed by atoms with Crippen molar-refractivity contribution in [3.05, 3.63) is 23.7 Å². The molecule has 0 aromatic carbocycles. The van der Waals surface area contributed by atoms with Crippen molar-refractivity contribution in [3.63, 3.8) is 0 Å². The van der Waals surface area contributed by atoms with Crippen molar-refractivity contribution in [1.29, 1.82) is 0 Å². The predicted octanol–water partition coefficient (Wildman–Crippen LogP) is 2.43. The fraction of sp³-hybridized carbons (Fsp3) is 0.667. The molecule has 1 amide bonds. The van der Waals surface area contributed by atoms with Crippen molar-refractivity contribution < 1.29 is 14.3 Å². The quantitative estimate of drug-likeness (QED) is 0.797. The lowest BCUT2D eigenvalue weighted by atomic mass is 9.87. The van der Waals surface area contributed by atoms with Gasteiger partial charge in [-0.25, -0.2) is 0 Å². The van der Waals surface area contributed by atoms with E-state index in [-0.39, 0.29) is 17.4 Å². The summed E-state index contributed by atoms with van der Waals surface area (Å²) in [6, 6.07) is 3.80. The molecule has 0 bridgehead atoms. The Morgan fingerprint density at radius 3 is 2.68 bits per heavy atom. The fourth-order valence-electron chi connectivity index (χ4n) is 2.15. The molecular weight excluding hydrogens is 242 g/mol. The molecule has 19 heavy (non-hydrogen) atoms. The number of aliphatic hydroxyl groups excluding tert-OH is 1. The number of aryl methyl sites for hydroxylation is 2. The van der Waals surface area contributed by atoms with Gasteiger partial charge in [-0.15, -0.1) is 0 Å². The number of carbonyl (C=O) groups is 1. The summed E-state index contributed by atoms with van der Waals surface area (Å²) in [5.74, 6) is 1.73. The molecule has 0 saturated carbocycles. The molecule has 0 saturated heterocycles. The minimum atomic E-state index is -0.349. The molecule has 0 aliphatic heterocycles. The predicted molar refractivity (Wildman–Crippen MR) is 74.9 cm³/mol. The zero-order valence-electron chi connectivity index (χ0n) is 12.3. The maximum atomic E-state index is 11.7. The summed E-state index contributed by atoms with van der Waals surface area (Å²) in [5.41, 5.74) is -0.0922. The van der Waals surface area contributed by atoms with Gasteiger partial charge in [0.15, 0.2) is 0 Å². The summed E-state index contributed by atoms with van der Waals surface area (Å²) in [7, 11) is 0. The summed E-state index contributed by atoms with van der Waals surface area (Å²) in [6.45, 7) is 8.31. The largest absolute Gasteiger partial charge is 0.466 e. The molecule has 1 heterocycles. The number of furan rings is 1. The number of nitrogens with one attached hydrogen (secondary N) is 1. The molecule has 1 aromatic rings. The van der Waals surface area contributed by atoms with Crippen molar-refractivity contribution >= 4 is 5.91 Å². The molecule has 1 aromatic heterocycles. The molecule has 1 rings (SSSR count). The smallest absolute Gasteiger partial charge is 0.220 e. The van der Waals surface area contributed by atoms with Crippen LogP contribution in [0.5, 0.6) is 0 Å². The number of hydrogen-bond donors (Lipinski definition) is 2. The Labute approximate surface area is 115 Å². The number of rotatable bonds is 7. The lowest BCUT2D eigenvalue weighted by Crippen LogP contribution is -2.35. The van der Waals surface area contributed by atoms with Crippen LogP contribution in [0.25, 0.3) is 0 Å². The highest BCUT2D eigenvalue weighted by Crippen LogP contribution is 2.21. The highest BCUT2D eigenvalue weighted by Gasteiger charge is 2.21. The van der Waals surface area contributed by atoms with E-state index in [2.05, 4.69) is 5.32 Å². The van der Waals surface area contributed by atoms with Crippen LogP contribution in [0.2, 0.25) is 0 Å². The van der Waals surface area contributed by atoms with E-state index in [0.717, 1.165) is 11.5 Å². The molecule has 108 valence electrons. The van der Waals surface area contributed by atoms with E-state index < -0.39 is 0 Å². The zero-order chi connectivity index (χ0) is 14.5. The normalized spacial score (nSPS) is 13.3. The average molecular weight is 267 g/mol. The Morgan fingerprint density at radius 2 is 2.16 bits per heavy atom. The van der Waals surface area contributed by atoms with Crippen LogP contribution >= 0.6 is 0 Å². The third-order valence-corrected chi connectivity index (χ3v) is 3.01. The second-order valence-electron chi connectivity index (χ2n) is 6.01. The van der Waals surface area contributed by atoms with Crippen molar-refractivity contribution in [2.45, 2.75) is 53.1 Å². The lowest BCUT2D eigenvalue weighted by molar-refractivity contribution is -0.121. The molecule has 4 nitrogen and oxygen atoms in total. The van der Waals surface area contributed by atoms with E-state index >= 15 is 0 Å². The number of amides is 1. The Kier molecular flexibility index (Phi) is 5.60. The Balaban J connectivity index is 2.28. The third-order valence-electron chi connectivity index (χ3n) is 3.01. The average Bonchev–Trinajstić information content (AvgIpc) is 2.68. The maximum Gasteiger partial charge on any atom is 0.220 e. The summed E-state index contributed by atoms with van der Waals surface area (Å²) in [4.78, 5) is 11.7. The first-order valence-electron chi connectivity index (χ1n) is 6.78. The van der Waals surface area contributed by atoms with Crippen molar-refractivity contribution in [2.24, 2.45) is 5.41 Å². The topological polar surface area (TPSA) is 62.5 Å². The first-order chi connectivity index (χ1) is 8.78. The highest BCUT2D eigenvalue weighted by molar-refractivity contribution is 5.76. The van der Waals surface area contributed by atoms with Crippen LogP contribution in [0, 0.1) is 12.3 Å². The summed E-state index contributed by atoms with van der Waals surface area (Å²) in [5, 5.41) is 12.3. The first kappa shape index (κ1) is 15.8. The highest BCUT2D eigenvalue weighted by atomic mass is 16.3. The van der Waals surface area contributed by atoms with Gasteiger partial charge in [0.2, 0.25) is 5.91 Å². The van der Waals surface area contributed by atoms with Gasteiger partial charge < -0.3 is 14.8 Å². The van der Waals surface area contributed by atoms with E-state index in [0.29, 0.717) is 25.8 Å². The van der Waals surface area contributed by atoms with E-state index in [9.17, 15) is 9.90 Å². The molecule has 0 aliphatic rings. The van der Waals surface area contributed by atoms with Gasteiger partial charge in [-0.05, 0) is 37.8 Å². The molecule has 0 spiro atoms. The monoisotopic (exact) mass is 267 g/mol. The van der Waals surface area contributed by atoms with Gasteiger partial charge in [-0.3, -0.25) is 4.79 Å². The zero-order valence-corrected chi connectivity index (χ0v) is 12.3. The van der Waals surface area contributed by atoms with Crippen LogP contribution in [-0.2, 0) is 11.2 Å². The second kappa shape index (κ2) is 6.75. The molecule has 0 radical (unpaired) electrons. The Morgan fingerprint density at radius 1 is 1.47 bits per heavy atom. The van der Waals surface area contributed by atoms with Crippen molar-refractivity contribution in [1.82, 2.24) is 5.32 Å². The number of carbonyl (C=O) groups excluding carboxylic acids is 1. The number of hydrogen-bond acceptors (Lipinski definition) is 3. The lowest BCUT2D eigenvalue weighted by Gasteiger charge is -2.26.